The van der Waals surface area contributed by atoms with E-state index in [2.05, 4.69) is 4.74 Å². The Hall–Kier alpha value is -0.670. The van der Waals surface area contributed by atoms with Crippen LogP contribution in [-0.4, -0.2) is 26.4 Å². The van der Waals surface area contributed by atoms with Crippen LogP contribution in [0, 0.1) is 5.41 Å². The van der Waals surface area contributed by atoms with Gasteiger partial charge in [0, 0.05) is 0 Å². The molecule has 0 aliphatic heterocycles. The van der Waals surface area contributed by atoms with Gasteiger partial charge in [-0.1, -0.05) is 0 Å². The van der Waals surface area contributed by atoms with Crippen LogP contribution < -0.4 is 0 Å². The molecule has 0 fully saturated rings. The Morgan fingerprint density at radius 2 is 1.90 bits per heavy atom. The summed E-state index contributed by atoms with van der Waals surface area (Å²) in [5, 5.41) is 0. The molecule has 4 heteroatoms. The quantitative estimate of drug-likeness (QED) is 0.566. The van der Waals surface area contributed by atoms with Crippen molar-refractivity contribution in [2.75, 3.05) is 20.5 Å². The summed E-state index contributed by atoms with van der Waals surface area (Å²) in [7, 11) is 1.10. The van der Waals surface area contributed by atoms with Crippen LogP contribution in [0.15, 0.2) is 0 Å². The van der Waals surface area contributed by atoms with Crippen LogP contribution in [0.4, 0.5) is 8.78 Å². The van der Waals surface area contributed by atoms with Crippen LogP contribution in [-0.2, 0) is 9.53 Å². The van der Waals surface area contributed by atoms with Crippen molar-refractivity contribution in [1.29, 1.82) is 0 Å². The third-order valence-corrected chi connectivity index (χ3v) is 1.27. The fourth-order valence-electron chi connectivity index (χ4n) is 0.391. The highest BCUT2D eigenvalue weighted by Gasteiger charge is 2.34. The Kier molecular flexibility index (Phi) is 3.25. The van der Waals surface area contributed by atoms with E-state index in [0.29, 0.717) is 0 Å². The number of halogens is 2. The molecular weight excluding hydrogens is 142 g/mol. The number of hydrogen-bond donors (Lipinski definition) is 0. The van der Waals surface area contributed by atoms with Crippen molar-refractivity contribution in [1.82, 2.24) is 0 Å². The molecular formula is C6H10F2O2. The number of methoxy groups -OCH3 is 1. The number of hydrogen-bond acceptors (Lipinski definition) is 2. The molecule has 0 bridgehead atoms. The Morgan fingerprint density at radius 1 is 1.50 bits per heavy atom. The van der Waals surface area contributed by atoms with E-state index < -0.39 is 24.7 Å². The van der Waals surface area contributed by atoms with Gasteiger partial charge >= 0.3 is 5.97 Å². The van der Waals surface area contributed by atoms with Crippen LogP contribution in [0.1, 0.15) is 6.92 Å². The van der Waals surface area contributed by atoms with Gasteiger partial charge in [-0.3, -0.25) is 4.79 Å². The minimum Gasteiger partial charge on any atom is -0.468 e. The SMILES string of the molecule is COC(=O)C(C)(CF)CF. The number of esters is 1. The van der Waals surface area contributed by atoms with Crippen LogP contribution >= 0.6 is 0 Å². The molecule has 0 amide bonds. The largest absolute Gasteiger partial charge is 0.468 e. The van der Waals surface area contributed by atoms with Crippen LogP contribution in [0.3, 0.4) is 0 Å². The van der Waals surface area contributed by atoms with E-state index >= 15 is 0 Å². The summed E-state index contributed by atoms with van der Waals surface area (Å²) in [5.74, 6) is -0.850. The molecule has 0 atom stereocenters. The Labute approximate surface area is 58.2 Å². The van der Waals surface area contributed by atoms with Crippen molar-refractivity contribution in [3.05, 3.63) is 0 Å². The lowest BCUT2D eigenvalue weighted by Crippen LogP contribution is -2.33. The monoisotopic (exact) mass is 152 g/mol. The third kappa shape index (κ3) is 1.65. The lowest BCUT2D eigenvalue weighted by atomic mass is 9.95. The minimum absolute atomic E-state index is 0.850. The van der Waals surface area contributed by atoms with Crippen molar-refractivity contribution in [3.63, 3.8) is 0 Å². The Morgan fingerprint density at radius 3 is 2.00 bits per heavy atom. The summed E-state index contributed by atoms with van der Waals surface area (Å²) in [6, 6.07) is 0. The smallest absolute Gasteiger partial charge is 0.316 e. The summed E-state index contributed by atoms with van der Waals surface area (Å²) in [6.45, 7) is -0.884. The summed E-state index contributed by atoms with van der Waals surface area (Å²) in [5.41, 5.74) is -1.60. The fraction of sp³-hybridized carbons (Fsp3) is 0.833. The molecule has 0 radical (unpaired) electrons. The number of ether oxygens (including phenoxy) is 1. The average molecular weight is 152 g/mol. The van der Waals surface area contributed by atoms with E-state index in [1.165, 1.54) is 6.92 Å². The van der Waals surface area contributed by atoms with E-state index in [9.17, 15) is 13.6 Å². The van der Waals surface area contributed by atoms with E-state index in [1.54, 1.807) is 0 Å². The minimum atomic E-state index is -1.60. The molecule has 0 N–H and O–H groups in total. The topological polar surface area (TPSA) is 26.3 Å². The summed E-state index contributed by atoms with van der Waals surface area (Å²) >= 11 is 0. The molecule has 0 saturated heterocycles. The number of carbonyl (C=O) groups is 1. The molecule has 0 rings (SSSR count). The van der Waals surface area contributed by atoms with Crippen molar-refractivity contribution in [2.45, 2.75) is 6.92 Å². The van der Waals surface area contributed by atoms with Crippen molar-refractivity contribution in [3.8, 4) is 0 Å². The van der Waals surface area contributed by atoms with Gasteiger partial charge in [0.05, 0.1) is 7.11 Å². The summed E-state index contributed by atoms with van der Waals surface area (Å²) in [6.07, 6.45) is 0. The highest BCUT2D eigenvalue weighted by molar-refractivity contribution is 5.76. The van der Waals surface area contributed by atoms with Gasteiger partial charge in [-0.2, -0.15) is 0 Å². The van der Waals surface area contributed by atoms with Gasteiger partial charge in [-0.15, -0.1) is 0 Å². The van der Waals surface area contributed by atoms with Crippen molar-refractivity contribution in [2.24, 2.45) is 5.41 Å². The zero-order chi connectivity index (χ0) is 8.20. The van der Waals surface area contributed by atoms with Crippen molar-refractivity contribution >= 4 is 5.97 Å². The van der Waals surface area contributed by atoms with E-state index in [1.807, 2.05) is 0 Å². The average Bonchev–Trinajstić information content (AvgIpc) is 2.01. The normalized spacial score (nSPS) is 11.2. The lowest BCUT2D eigenvalue weighted by molar-refractivity contribution is -0.153. The molecule has 0 aromatic rings. The van der Waals surface area contributed by atoms with Gasteiger partial charge < -0.3 is 4.74 Å². The number of carbonyl (C=O) groups excluding carboxylic acids is 1. The van der Waals surface area contributed by atoms with Gasteiger partial charge in [-0.05, 0) is 6.92 Å². The van der Waals surface area contributed by atoms with Crippen LogP contribution in [0.2, 0.25) is 0 Å². The molecule has 0 aromatic carbocycles. The zero-order valence-electron chi connectivity index (χ0n) is 5.99. The predicted octanol–water partition coefficient (Wildman–Crippen LogP) is 1.10. The molecule has 0 aromatic heterocycles. The van der Waals surface area contributed by atoms with Gasteiger partial charge in [0.1, 0.15) is 18.8 Å². The fourth-order valence-corrected chi connectivity index (χ4v) is 0.391. The van der Waals surface area contributed by atoms with Crippen LogP contribution in [0.25, 0.3) is 0 Å². The second-order valence-electron chi connectivity index (χ2n) is 2.32. The zero-order valence-corrected chi connectivity index (χ0v) is 5.99. The third-order valence-electron chi connectivity index (χ3n) is 1.27. The van der Waals surface area contributed by atoms with E-state index in [0.717, 1.165) is 7.11 Å². The van der Waals surface area contributed by atoms with E-state index in [-0.39, 0.29) is 0 Å². The van der Waals surface area contributed by atoms with E-state index in [4.69, 9.17) is 0 Å². The van der Waals surface area contributed by atoms with Crippen molar-refractivity contribution < 1.29 is 18.3 Å². The number of alkyl halides is 2. The molecule has 0 spiro atoms. The van der Waals surface area contributed by atoms with Gasteiger partial charge in [0.25, 0.3) is 0 Å². The molecule has 0 heterocycles. The second-order valence-corrected chi connectivity index (χ2v) is 2.32. The highest BCUT2D eigenvalue weighted by atomic mass is 19.1. The number of rotatable bonds is 3. The van der Waals surface area contributed by atoms with Gasteiger partial charge in [0.15, 0.2) is 0 Å². The molecule has 0 aliphatic carbocycles. The molecule has 0 unspecified atom stereocenters. The first-order valence-electron chi connectivity index (χ1n) is 2.81. The first-order valence-corrected chi connectivity index (χ1v) is 2.81. The first kappa shape index (κ1) is 9.33. The lowest BCUT2D eigenvalue weighted by Gasteiger charge is -2.17. The van der Waals surface area contributed by atoms with Crippen LogP contribution in [0.5, 0.6) is 0 Å². The highest BCUT2D eigenvalue weighted by Crippen LogP contribution is 2.19. The maximum atomic E-state index is 11.9. The summed E-state index contributed by atoms with van der Waals surface area (Å²) in [4.78, 5) is 10.6. The Bertz CT molecular complexity index is 121. The molecule has 0 saturated carbocycles. The Balaban J connectivity index is 4.17. The van der Waals surface area contributed by atoms with Gasteiger partial charge in [0.2, 0.25) is 0 Å². The first-order chi connectivity index (χ1) is 4.60. The molecule has 60 valence electrons. The maximum Gasteiger partial charge on any atom is 0.316 e. The molecule has 10 heavy (non-hydrogen) atoms. The summed E-state index contributed by atoms with van der Waals surface area (Å²) < 4.78 is 28.1. The predicted molar refractivity (Wildman–Crippen MR) is 32.1 cm³/mol. The molecule has 0 aliphatic rings. The second kappa shape index (κ2) is 3.49. The maximum absolute atomic E-state index is 11.9. The standard InChI is InChI=1S/C6H10F2O2/c1-6(3-7,4-8)5(9)10-2/h3-4H2,1-2H3. The van der Waals surface area contributed by atoms with Gasteiger partial charge in [-0.25, -0.2) is 8.78 Å². The molecule has 2 nitrogen and oxygen atoms in total.